The lowest BCUT2D eigenvalue weighted by Gasteiger charge is -2.16. The molecule has 102 valence electrons. The largest absolute Gasteiger partial charge is 0.469 e. The highest BCUT2D eigenvalue weighted by atomic mass is 32.2. The molecule has 1 aromatic carbocycles. The number of rotatable bonds is 6. The Morgan fingerprint density at radius 2 is 1.84 bits per heavy atom. The minimum absolute atomic E-state index is 0.0303. The molecule has 4 nitrogen and oxygen atoms in total. The molecule has 0 fully saturated rings. The first-order valence-corrected chi connectivity index (χ1v) is 7.69. The molecule has 0 unspecified atom stereocenters. The number of furan rings is 1. The smallest absolute Gasteiger partial charge is 0.218 e. The third kappa shape index (κ3) is 3.94. The summed E-state index contributed by atoms with van der Waals surface area (Å²) in [4.78, 5) is 0. The number of benzene rings is 1. The molecule has 2 aromatic rings. The third-order valence-corrected chi connectivity index (χ3v) is 4.75. The van der Waals surface area contributed by atoms with E-state index in [0.717, 1.165) is 11.3 Å². The molecule has 5 heteroatoms. The molecule has 0 amide bonds. The van der Waals surface area contributed by atoms with E-state index in [0.29, 0.717) is 13.0 Å². The lowest BCUT2D eigenvalue weighted by atomic mass is 10.2. The lowest BCUT2D eigenvalue weighted by molar-refractivity contribution is 0.441. The van der Waals surface area contributed by atoms with Gasteiger partial charge in [0.1, 0.15) is 5.76 Å². The summed E-state index contributed by atoms with van der Waals surface area (Å²) in [6.45, 7) is 0.419. The number of likely N-dealkylation sites (N-methyl/N-ethyl adjacent to an activating group) is 1. The van der Waals surface area contributed by atoms with Crippen molar-refractivity contribution in [3.63, 3.8) is 0 Å². The van der Waals surface area contributed by atoms with Crippen LogP contribution < -0.4 is 0 Å². The van der Waals surface area contributed by atoms with E-state index in [9.17, 15) is 8.42 Å². The molecule has 1 aromatic heterocycles. The average Bonchev–Trinajstić information content (AvgIpc) is 2.89. The van der Waals surface area contributed by atoms with Gasteiger partial charge in [0.2, 0.25) is 10.0 Å². The number of hydrogen-bond donors (Lipinski definition) is 0. The van der Waals surface area contributed by atoms with E-state index in [1.807, 2.05) is 36.4 Å². The Bertz CT molecular complexity index is 591. The first-order valence-electron chi connectivity index (χ1n) is 6.08. The third-order valence-electron chi connectivity index (χ3n) is 2.92. The maximum absolute atomic E-state index is 12.2. The van der Waals surface area contributed by atoms with Crippen LogP contribution in [-0.4, -0.2) is 26.3 Å². The van der Waals surface area contributed by atoms with Crippen LogP contribution in [-0.2, 0) is 22.2 Å². The number of hydrogen-bond acceptors (Lipinski definition) is 3. The van der Waals surface area contributed by atoms with E-state index in [1.165, 1.54) is 4.31 Å². The fourth-order valence-electron chi connectivity index (χ4n) is 1.76. The van der Waals surface area contributed by atoms with Crippen LogP contribution in [0, 0.1) is 0 Å². The fraction of sp³-hybridized carbons (Fsp3) is 0.286. The summed E-state index contributed by atoms with van der Waals surface area (Å²) in [6.07, 6.45) is 2.17. The van der Waals surface area contributed by atoms with Gasteiger partial charge in [-0.05, 0) is 17.7 Å². The van der Waals surface area contributed by atoms with Gasteiger partial charge in [0, 0.05) is 20.0 Å². The predicted molar refractivity (Wildman–Crippen MR) is 74.1 cm³/mol. The molecule has 2 rings (SSSR count). The minimum Gasteiger partial charge on any atom is -0.469 e. The minimum atomic E-state index is -3.27. The summed E-state index contributed by atoms with van der Waals surface area (Å²) in [5, 5.41) is 0. The second-order valence-corrected chi connectivity index (χ2v) is 6.47. The summed E-state index contributed by atoms with van der Waals surface area (Å²) in [6, 6.07) is 12.8. The van der Waals surface area contributed by atoms with Gasteiger partial charge in [0.25, 0.3) is 0 Å². The van der Waals surface area contributed by atoms with Crippen LogP contribution in [0.1, 0.15) is 11.3 Å². The molecule has 0 saturated carbocycles. The number of sulfonamides is 1. The summed E-state index contributed by atoms with van der Waals surface area (Å²) in [7, 11) is -1.68. The quantitative estimate of drug-likeness (QED) is 0.815. The zero-order valence-electron chi connectivity index (χ0n) is 10.8. The van der Waals surface area contributed by atoms with E-state index < -0.39 is 10.0 Å². The van der Waals surface area contributed by atoms with Crippen LogP contribution in [0.2, 0.25) is 0 Å². The summed E-state index contributed by atoms with van der Waals surface area (Å²) >= 11 is 0. The normalized spacial score (nSPS) is 11.9. The van der Waals surface area contributed by atoms with Crippen molar-refractivity contribution in [3.8, 4) is 0 Å². The second-order valence-electron chi connectivity index (χ2n) is 4.39. The van der Waals surface area contributed by atoms with Crippen molar-refractivity contribution in [1.29, 1.82) is 0 Å². The molecule has 0 N–H and O–H groups in total. The molecule has 19 heavy (non-hydrogen) atoms. The van der Waals surface area contributed by atoms with Gasteiger partial charge in [-0.15, -0.1) is 0 Å². The summed E-state index contributed by atoms with van der Waals surface area (Å²) in [5.74, 6) is 0.824. The SMILES string of the molecule is CN(CCc1ccco1)S(=O)(=O)Cc1ccccc1. The molecular formula is C14H17NO3S. The molecule has 0 spiro atoms. The average molecular weight is 279 g/mol. The summed E-state index contributed by atoms with van der Waals surface area (Å²) < 4.78 is 30.9. The van der Waals surface area contributed by atoms with Gasteiger partial charge in [-0.1, -0.05) is 30.3 Å². The highest BCUT2D eigenvalue weighted by Gasteiger charge is 2.18. The van der Waals surface area contributed by atoms with Crippen molar-refractivity contribution in [2.75, 3.05) is 13.6 Å². The van der Waals surface area contributed by atoms with Crippen LogP contribution in [0.25, 0.3) is 0 Å². The molecule has 0 saturated heterocycles. The Morgan fingerprint density at radius 3 is 2.47 bits per heavy atom. The Balaban J connectivity index is 1.95. The molecule has 0 radical (unpaired) electrons. The first-order chi connectivity index (χ1) is 9.08. The van der Waals surface area contributed by atoms with E-state index in [-0.39, 0.29) is 5.75 Å². The molecule has 0 atom stereocenters. The van der Waals surface area contributed by atoms with Gasteiger partial charge in [-0.25, -0.2) is 12.7 Å². The second kappa shape index (κ2) is 6.04. The zero-order chi connectivity index (χ0) is 13.7. The molecule has 0 bridgehead atoms. The standard InChI is InChI=1S/C14H17NO3S/c1-15(10-9-14-8-5-11-18-14)19(16,17)12-13-6-3-2-4-7-13/h2-8,11H,9-10,12H2,1H3. The molecular weight excluding hydrogens is 262 g/mol. The van der Waals surface area contributed by atoms with Crippen molar-refractivity contribution >= 4 is 10.0 Å². The lowest BCUT2D eigenvalue weighted by Crippen LogP contribution is -2.30. The Morgan fingerprint density at radius 1 is 1.11 bits per heavy atom. The van der Waals surface area contributed by atoms with E-state index in [2.05, 4.69) is 0 Å². The van der Waals surface area contributed by atoms with Crippen molar-refractivity contribution in [1.82, 2.24) is 4.31 Å². The monoisotopic (exact) mass is 279 g/mol. The molecule has 1 heterocycles. The van der Waals surface area contributed by atoms with E-state index in [4.69, 9.17) is 4.42 Å². The molecule has 0 aliphatic rings. The first kappa shape index (κ1) is 13.8. The maximum Gasteiger partial charge on any atom is 0.218 e. The van der Waals surface area contributed by atoms with Gasteiger partial charge < -0.3 is 4.42 Å². The maximum atomic E-state index is 12.2. The van der Waals surface area contributed by atoms with Crippen LogP contribution in [0.3, 0.4) is 0 Å². The zero-order valence-corrected chi connectivity index (χ0v) is 11.6. The van der Waals surface area contributed by atoms with Crippen LogP contribution in [0.15, 0.2) is 53.1 Å². The van der Waals surface area contributed by atoms with Crippen molar-refractivity contribution in [3.05, 3.63) is 60.1 Å². The van der Waals surface area contributed by atoms with Crippen molar-refractivity contribution < 1.29 is 12.8 Å². The van der Waals surface area contributed by atoms with Gasteiger partial charge in [-0.2, -0.15) is 0 Å². The highest BCUT2D eigenvalue weighted by Crippen LogP contribution is 2.10. The Hall–Kier alpha value is -1.59. The van der Waals surface area contributed by atoms with E-state index in [1.54, 1.807) is 19.4 Å². The topological polar surface area (TPSA) is 50.5 Å². The highest BCUT2D eigenvalue weighted by molar-refractivity contribution is 7.88. The Labute approximate surface area is 113 Å². The van der Waals surface area contributed by atoms with Gasteiger partial charge in [0.05, 0.1) is 12.0 Å². The fourth-order valence-corrected chi connectivity index (χ4v) is 2.96. The summed E-state index contributed by atoms with van der Waals surface area (Å²) in [5.41, 5.74) is 0.798. The van der Waals surface area contributed by atoms with E-state index >= 15 is 0 Å². The van der Waals surface area contributed by atoms with Crippen LogP contribution in [0.5, 0.6) is 0 Å². The van der Waals surface area contributed by atoms with Crippen molar-refractivity contribution in [2.45, 2.75) is 12.2 Å². The predicted octanol–water partition coefficient (Wildman–Crippen LogP) is 2.28. The van der Waals surface area contributed by atoms with Gasteiger partial charge in [0.15, 0.2) is 0 Å². The van der Waals surface area contributed by atoms with Gasteiger partial charge in [-0.3, -0.25) is 0 Å². The van der Waals surface area contributed by atoms with Crippen molar-refractivity contribution in [2.24, 2.45) is 0 Å². The van der Waals surface area contributed by atoms with Crippen LogP contribution >= 0.6 is 0 Å². The van der Waals surface area contributed by atoms with Crippen LogP contribution in [0.4, 0.5) is 0 Å². The molecule has 0 aliphatic heterocycles. The molecule has 0 aliphatic carbocycles. The Kier molecular flexibility index (Phi) is 4.39. The number of nitrogens with zero attached hydrogens (tertiary/aromatic N) is 1. The van der Waals surface area contributed by atoms with Gasteiger partial charge >= 0.3 is 0 Å².